The van der Waals surface area contributed by atoms with Crippen molar-refractivity contribution in [3.63, 3.8) is 0 Å². The molecule has 1 amide bonds. The van der Waals surface area contributed by atoms with Crippen molar-refractivity contribution in [2.24, 2.45) is 0 Å². The molecule has 31 heavy (non-hydrogen) atoms. The lowest BCUT2D eigenvalue weighted by Gasteiger charge is -2.23. The third kappa shape index (κ3) is 5.84. The Bertz CT molecular complexity index is 1190. The third-order valence-electron chi connectivity index (χ3n) is 5.07. The zero-order valence-corrected chi connectivity index (χ0v) is 20.2. The molecule has 2 N–H and O–H groups in total. The molecule has 0 atom stereocenters. The van der Waals surface area contributed by atoms with Gasteiger partial charge in [-0.25, -0.2) is 21.6 Å². The predicted octanol–water partition coefficient (Wildman–Crippen LogP) is 2.62. The molecule has 0 bridgehead atoms. The van der Waals surface area contributed by atoms with Crippen LogP contribution in [0.4, 0.5) is 11.4 Å². The normalized spacial score (nSPS) is 11.9. The number of rotatable bonds is 8. The molecule has 0 aliphatic rings. The first-order chi connectivity index (χ1) is 14.3. The molecule has 0 saturated carbocycles. The van der Waals surface area contributed by atoms with Crippen LogP contribution in [0.15, 0.2) is 35.2 Å². The van der Waals surface area contributed by atoms with Gasteiger partial charge in [0.1, 0.15) is 0 Å². The molecule has 8 nitrogen and oxygen atoms in total. The molecule has 0 aromatic heterocycles. The van der Waals surface area contributed by atoms with Gasteiger partial charge in [-0.1, -0.05) is 24.3 Å². The second-order valence-corrected chi connectivity index (χ2v) is 11.3. The van der Waals surface area contributed by atoms with Crippen LogP contribution in [0.5, 0.6) is 0 Å². The molecule has 10 heteroatoms. The van der Waals surface area contributed by atoms with Crippen molar-refractivity contribution in [3.8, 4) is 0 Å². The molecule has 0 heterocycles. The molecule has 0 unspecified atom stereocenters. The number of carbonyl (C=O) groups excluding carboxylic acids is 1. The average Bonchev–Trinajstić information content (AvgIpc) is 2.63. The van der Waals surface area contributed by atoms with Crippen LogP contribution in [0.1, 0.15) is 28.7 Å². The largest absolute Gasteiger partial charge is 0.326 e. The number of sulfonamides is 2. The van der Waals surface area contributed by atoms with Gasteiger partial charge >= 0.3 is 0 Å². The number of aryl methyl sites for hydroxylation is 3. The standard InChI is InChI=1S/C21H29N3O5S2/c1-14-8-7-9-15(2)20(14)23-19(25)12-13-22-31(28,29)18-11-10-16(3)21(17(18)4)24(5)30(6,26)27/h7-11,22H,12-13H2,1-6H3,(H,23,25). The number of anilines is 2. The maximum Gasteiger partial charge on any atom is 0.240 e. The fraction of sp³-hybridized carbons (Fsp3) is 0.381. The van der Waals surface area contributed by atoms with Crippen LogP contribution in [0.2, 0.25) is 0 Å². The Kier molecular flexibility index (Phi) is 7.51. The van der Waals surface area contributed by atoms with Gasteiger partial charge < -0.3 is 5.32 Å². The highest BCUT2D eigenvalue weighted by atomic mass is 32.2. The summed E-state index contributed by atoms with van der Waals surface area (Å²) in [5.41, 5.74) is 3.84. The highest BCUT2D eigenvalue weighted by molar-refractivity contribution is 7.92. The van der Waals surface area contributed by atoms with Crippen LogP contribution in [0, 0.1) is 27.7 Å². The summed E-state index contributed by atoms with van der Waals surface area (Å²) in [5, 5.41) is 2.82. The quantitative estimate of drug-likeness (QED) is 0.620. The predicted molar refractivity (Wildman–Crippen MR) is 124 cm³/mol. The minimum Gasteiger partial charge on any atom is -0.326 e. The number of benzene rings is 2. The molecule has 0 saturated heterocycles. The first kappa shape index (κ1) is 24.8. The first-order valence-corrected chi connectivity index (χ1v) is 13.0. The average molecular weight is 468 g/mol. The van der Waals surface area contributed by atoms with E-state index in [1.165, 1.54) is 13.1 Å². The topological polar surface area (TPSA) is 113 Å². The lowest BCUT2D eigenvalue weighted by molar-refractivity contribution is -0.116. The molecule has 170 valence electrons. The van der Waals surface area contributed by atoms with Crippen molar-refractivity contribution in [1.82, 2.24) is 4.72 Å². The van der Waals surface area contributed by atoms with Crippen LogP contribution < -0.4 is 14.3 Å². The number of para-hydroxylation sites is 1. The number of amides is 1. The summed E-state index contributed by atoms with van der Waals surface area (Å²) >= 11 is 0. The van der Waals surface area contributed by atoms with Crippen LogP contribution >= 0.6 is 0 Å². The molecule has 0 aliphatic carbocycles. The zero-order valence-electron chi connectivity index (χ0n) is 18.6. The Labute approximate surface area is 184 Å². The second kappa shape index (κ2) is 9.37. The zero-order chi connectivity index (χ0) is 23.6. The monoisotopic (exact) mass is 467 g/mol. The molecular formula is C21H29N3O5S2. The number of carbonyl (C=O) groups is 1. The van der Waals surface area contributed by atoms with E-state index in [0.717, 1.165) is 27.4 Å². The van der Waals surface area contributed by atoms with Crippen LogP contribution in [0.3, 0.4) is 0 Å². The van der Waals surface area contributed by atoms with Gasteiger partial charge in [0.25, 0.3) is 0 Å². The molecule has 0 fully saturated rings. The molecule has 0 radical (unpaired) electrons. The minimum atomic E-state index is -3.95. The number of nitrogens with one attached hydrogen (secondary N) is 2. The molecule has 0 aliphatic heterocycles. The van der Waals surface area contributed by atoms with Gasteiger partial charge in [-0.15, -0.1) is 0 Å². The Hall–Kier alpha value is -2.43. The van der Waals surface area contributed by atoms with Gasteiger partial charge in [-0.2, -0.15) is 0 Å². The van der Waals surface area contributed by atoms with Crippen molar-refractivity contribution in [1.29, 1.82) is 0 Å². The Morgan fingerprint density at radius 1 is 0.935 bits per heavy atom. The summed E-state index contributed by atoms with van der Waals surface area (Å²) in [4.78, 5) is 12.3. The van der Waals surface area contributed by atoms with E-state index in [-0.39, 0.29) is 23.8 Å². The fourth-order valence-corrected chi connectivity index (χ4v) is 5.23. The van der Waals surface area contributed by atoms with E-state index in [9.17, 15) is 21.6 Å². The maximum absolute atomic E-state index is 12.8. The molecule has 2 aromatic rings. The molecule has 0 spiro atoms. The van der Waals surface area contributed by atoms with E-state index in [1.807, 2.05) is 32.0 Å². The van der Waals surface area contributed by atoms with Crippen LogP contribution in [-0.4, -0.2) is 42.6 Å². The van der Waals surface area contributed by atoms with E-state index >= 15 is 0 Å². The smallest absolute Gasteiger partial charge is 0.240 e. The van der Waals surface area contributed by atoms with Crippen molar-refractivity contribution in [3.05, 3.63) is 52.6 Å². The van der Waals surface area contributed by atoms with E-state index in [1.54, 1.807) is 19.9 Å². The Morgan fingerprint density at radius 3 is 2.06 bits per heavy atom. The minimum absolute atomic E-state index is 0.0289. The lowest BCUT2D eigenvalue weighted by Crippen LogP contribution is -2.30. The van der Waals surface area contributed by atoms with Gasteiger partial charge in [0, 0.05) is 25.7 Å². The summed E-state index contributed by atoms with van der Waals surface area (Å²) in [6, 6.07) is 8.66. The number of hydrogen-bond donors (Lipinski definition) is 2. The van der Waals surface area contributed by atoms with Gasteiger partial charge in [0.05, 0.1) is 16.8 Å². The van der Waals surface area contributed by atoms with Crippen molar-refractivity contribution in [2.75, 3.05) is 29.5 Å². The van der Waals surface area contributed by atoms with Crippen molar-refractivity contribution in [2.45, 2.75) is 39.0 Å². The highest BCUT2D eigenvalue weighted by Crippen LogP contribution is 2.30. The highest BCUT2D eigenvalue weighted by Gasteiger charge is 2.24. The number of hydrogen-bond acceptors (Lipinski definition) is 5. The van der Waals surface area contributed by atoms with E-state index < -0.39 is 20.0 Å². The summed E-state index contributed by atoms with van der Waals surface area (Å²) < 4.78 is 53.1. The first-order valence-electron chi connectivity index (χ1n) is 9.65. The summed E-state index contributed by atoms with van der Waals surface area (Å²) in [7, 11) is -6.13. The van der Waals surface area contributed by atoms with Crippen molar-refractivity contribution >= 4 is 37.3 Å². The molecular weight excluding hydrogens is 438 g/mol. The van der Waals surface area contributed by atoms with Gasteiger partial charge in [-0.05, 0) is 56.0 Å². The van der Waals surface area contributed by atoms with Gasteiger partial charge in [-0.3, -0.25) is 9.10 Å². The Morgan fingerprint density at radius 2 is 1.52 bits per heavy atom. The lowest BCUT2D eigenvalue weighted by atomic mass is 10.1. The SMILES string of the molecule is Cc1cccc(C)c1NC(=O)CCNS(=O)(=O)c1ccc(C)c(N(C)S(C)(=O)=O)c1C. The molecule has 2 aromatic carbocycles. The second-order valence-electron chi connectivity index (χ2n) is 7.55. The van der Waals surface area contributed by atoms with Crippen molar-refractivity contribution < 1.29 is 21.6 Å². The summed E-state index contributed by atoms with van der Waals surface area (Å²) in [6.07, 6.45) is 1.01. The summed E-state index contributed by atoms with van der Waals surface area (Å²) in [5.74, 6) is -0.307. The van der Waals surface area contributed by atoms with Gasteiger partial charge in [0.2, 0.25) is 26.0 Å². The van der Waals surface area contributed by atoms with Crippen LogP contribution in [0.25, 0.3) is 0 Å². The fourth-order valence-electron chi connectivity index (χ4n) is 3.35. The Balaban J connectivity index is 2.16. The van der Waals surface area contributed by atoms with E-state index in [4.69, 9.17) is 0 Å². The van der Waals surface area contributed by atoms with Gasteiger partial charge in [0.15, 0.2) is 0 Å². The van der Waals surface area contributed by atoms with Crippen LogP contribution in [-0.2, 0) is 24.8 Å². The van der Waals surface area contributed by atoms with E-state index in [2.05, 4.69) is 10.0 Å². The molecule has 2 rings (SSSR count). The third-order valence-corrected chi connectivity index (χ3v) is 7.86. The van der Waals surface area contributed by atoms with E-state index in [0.29, 0.717) is 16.8 Å². The maximum atomic E-state index is 12.8. The number of nitrogens with zero attached hydrogens (tertiary/aromatic N) is 1. The summed E-state index contributed by atoms with van der Waals surface area (Å²) in [6.45, 7) is 6.95.